The molecule has 0 aliphatic carbocycles. The van der Waals surface area contributed by atoms with Crippen molar-refractivity contribution in [2.75, 3.05) is 13.1 Å². The summed E-state index contributed by atoms with van der Waals surface area (Å²) in [6, 6.07) is 7.70. The van der Waals surface area contributed by atoms with E-state index in [1.54, 1.807) is 0 Å². The molecule has 0 aliphatic rings. The van der Waals surface area contributed by atoms with E-state index in [0.29, 0.717) is 19.5 Å². The molecule has 0 aliphatic heterocycles. The molecule has 0 spiro atoms. The van der Waals surface area contributed by atoms with E-state index in [1.807, 2.05) is 24.3 Å². The van der Waals surface area contributed by atoms with Gasteiger partial charge in [0.2, 0.25) is 5.91 Å². The van der Waals surface area contributed by atoms with Crippen molar-refractivity contribution < 1.29 is 4.79 Å². The molecule has 0 unspecified atom stereocenters. The summed E-state index contributed by atoms with van der Waals surface area (Å²) in [7, 11) is 0. The monoisotopic (exact) mass is 292 g/mol. The van der Waals surface area contributed by atoms with Crippen LogP contribution in [0.4, 0.5) is 0 Å². The van der Waals surface area contributed by atoms with Crippen LogP contribution in [0.3, 0.4) is 0 Å². The van der Waals surface area contributed by atoms with Crippen LogP contribution in [-0.4, -0.2) is 19.0 Å². The van der Waals surface area contributed by atoms with Crippen LogP contribution in [0.5, 0.6) is 0 Å². The molecule has 5 heteroatoms. The summed E-state index contributed by atoms with van der Waals surface area (Å²) in [5.41, 5.74) is 6.27. The summed E-state index contributed by atoms with van der Waals surface area (Å²) in [6.07, 6.45) is 0.402. The van der Waals surface area contributed by atoms with Crippen LogP contribution in [0, 0.1) is 0 Å². The number of hydrogen-bond donors (Lipinski definition) is 2. The highest BCUT2D eigenvalue weighted by atomic mass is 79.9. The minimum absolute atomic E-state index is 0. The largest absolute Gasteiger partial charge is 0.355 e. The maximum Gasteiger partial charge on any atom is 0.224 e. The van der Waals surface area contributed by atoms with Gasteiger partial charge in [-0.2, -0.15) is 0 Å². The quantitative estimate of drug-likeness (QED) is 0.884. The average Bonchev–Trinajstić information content (AvgIpc) is 2.15. The molecular formula is C10H14BrClN2O. The van der Waals surface area contributed by atoms with Gasteiger partial charge >= 0.3 is 0 Å². The summed E-state index contributed by atoms with van der Waals surface area (Å²) in [6.45, 7) is 1.01. The smallest absolute Gasteiger partial charge is 0.224 e. The zero-order valence-electron chi connectivity index (χ0n) is 8.20. The lowest BCUT2D eigenvalue weighted by Gasteiger charge is -2.03. The Morgan fingerprint density at radius 1 is 1.47 bits per heavy atom. The molecule has 0 fully saturated rings. The van der Waals surface area contributed by atoms with E-state index >= 15 is 0 Å². The second-order valence-corrected chi connectivity index (χ2v) is 3.86. The molecule has 3 nitrogen and oxygen atoms in total. The molecular weight excluding hydrogens is 279 g/mol. The van der Waals surface area contributed by atoms with Crippen LogP contribution in [-0.2, 0) is 11.2 Å². The van der Waals surface area contributed by atoms with Gasteiger partial charge in [0.1, 0.15) is 0 Å². The maximum atomic E-state index is 11.3. The number of nitrogens with one attached hydrogen (secondary N) is 1. The maximum absolute atomic E-state index is 11.3. The molecule has 84 valence electrons. The van der Waals surface area contributed by atoms with E-state index in [2.05, 4.69) is 21.2 Å². The second kappa shape index (κ2) is 7.68. The van der Waals surface area contributed by atoms with Crippen molar-refractivity contribution in [3.05, 3.63) is 34.3 Å². The van der Waals surface area contributed by atoms with Crippen LogP contribution < -0.4 is 11.1 Å². The van der Waals surface area contributed by atoms with Gasteiger partial charge in [0.25, 0.3) is 0 Å². The van der Waals surface area contributed by atoms with Gasteiger partial charge in [0.05, 0.1) is 6.42 Å². The SMILES string of the molecule is Cl.NCCNC(=O)Cc1cccc(Br)c1. The van der Waals surface area contributed by atoms with Gasteiger partial charge in [-0.05, 0) is 17.7 Å². The van der Waals surface area contributed by atoms with E-state index in [-0.39, 0.29) is 18.3 Å². The molecule has 1 aromatic carbocycles. The highest BCUT2D eigenvalue weighted by Crippen LogP contribution is 2.11. The Morgan fingerprint density at radius 3 is 2.80 bits per heavy atom. The standard InChI is InChI=1S/C10H13BrN2O.ClH/c11-9-3-1-2-8(6-9)7-10(14)13-5-4-12;/h1-3,6H,4-5,7,12H2,(H,13,14);1H. The summed E-state index contributed by atoms with van der Waals surface area (Å²) < 4.78 is 0.988. The van der Waals surface area contributed by atoms with Crippen molar-refractivity contribution >= 4 is 34.2 Å². The molecule has 0 heterocycles. The molecule has 0 radical (unpaired) electrons. The van der Waals surface area contributed by atoms with Crippen LogP contribution in [0.25, 0.3) is 0 Å². The highest BCUT2D eigenvalue weighted by molar-refractivity contribution is 9.10. The number of rotatable bonds is 4. The van der Waals surface area contributed by atoms with E-state index < -0.39 is 0 Å². The zero-order valence-corrected chi connectivity index (χ0v) is 10.6. The second-order valence-electron chi connectivity index (χ2n) is 2.95. The third-order valence-corrected chi connectivity index (χ3v) is 2.21. The summed E-state index contributed by atoms with van der Waals surface area (Å²) in [5.74, 6) is 0.00792. The van der Waals surface area contributed by atoms with E-state index in [1.165, 1.54) is 0 Å². The molecule has 0 bridgehead atoms. The normalized spacial score (nSPS) is 9.20. The van der Waals surface area contributed by atoms with Gasteiger partial charge in [-0.25, -0.2) is 0 Å². The number of carbonyl (C=O) groups is 1. The first-order chi connectivity index (χ1) is 6.72. The molecule has 1 rings (SSSR count). The van der Waals surface area contributed by atoms with E-state index in [4.69, 9.17) is 5.73 Å². The Morgan fingerprint density at radius 2 is 2.20 bits per heavy atom. The molecule has 1 amide bonds. The fourth-order valence-electron chi connectivity index (χ4n) is 1.11. The van der Waals surface area contributed by atoms with Gasteiger partial charge in [-0.15, -0.1) is 12.4 Å². The minimum Gasteiger partial charge on any atom is -0.355 e. The van der Waals surface area contributed by atoms with Gasteiger partial charge < -0.3 is 11.1 Å². The van der Waals surface area contributed by atoms with Crippen molar-refractivity contribution in [2.24, 2.45) is 5.73 Å². The van der Waals surface area contributed by atoms with Crippen molar-refractivity contribution in [2.45, 2.75) is 6.42 Å². The van der Waals surface area contributed by atoms with Gasteiger partial charge in [-0.3, -0.25) is 4.79 Å². The fourth-order valence-corrected chi connectivity index (χ4v) is 1.55. The first-order valence-electron chi connectivity index (χ1n) is 4.43. The lowest BCUT2D eigenvalue weighted by atomic mass is 10.1. The highest BCUT2D eigenvalue weighted by Gasteiger charge is 2.01. The Hall–Kier alpha value is -0.580. The van der Waals surface area contributed by atoms with Gasteiger partial charge in [-0.1, -0.05) is 28.1 Å². The number of nitrogens with two attached hydrogens (primary N) is 1. The summed E-state index contributed by atoms with van der Waals surface area (Å²) in [5, 5.41) is 2.72. The number of amides is 1. The first kappa shape index (κ1) is 14.4. The number of hydrogen-bond acceptors (Lipinski definition) is 2. The Kier molecular flexibility index (Phi) is 7.38. The minimum atomic E-state index is 0. The van der Waals surface area contributed by atoms with Gasteiger partial charge in [0, 0.05) is 17.6 Å². The Balaban J connectivity index is 0.00000196. The van der Waals surface area contributed by atoms with Crippen molar-refractivity contribution in [1.29, 1.82) is 0 Å². The molecule has 1 aromatic rings. The topological polar surface area (TPSA) is 55.1 Å². The first-order valence-corrected chi connectivity index (χ1v) is 5.23. The average molecular weight is 294 g/mol. The lowest BCUT2D eigenvalue weighted by molar-refractivity contribution is -0.120. The van der Waals surface area contributed by atoms with Crippen LogP contribution in [0.15, 0.2) is 28.7 Å². The van der Waals surface area contributed by atoms with Crippen molar-refractivity contribution in [1.82, 2.24) is 5.32 Å². The summed E-state index contributed by atoms with van der Waals surface area (Å²) >= 11 is 3.35. The van der Waals surface area contributed by atoms with Crippen LogP contribution in [0.1, 0.15) is 5.56 Å². The molecule has 15 heavy (non-hydrogen) atoms. The van der Waals surface area contributed by atoms with E-state index in [0.717, 1.165) is 10.0 Å². The predicted octanol–water partition coefficient (Wildman–Crippen LogP) is 1.49. The number of benzene rings is 1. The molecule has 0 saturated carbocycles. The lowest BCUT2D eigenvalue weighted by Crippen LogP contribution is -2.30. The third-order valence-electron chi connectivity index (χ3n) is 1.72. The number of halogens is 2. The molecule has 0 atom stereocenters. The van der Waals surface area contributed by atoms with Crippen LogP contribution in [0.2, 0.25) is 0 Å². The third kappa shape index (κ3) is 5.77. The Bertz CT molecular complexity index is 320. The van der Waals surface area contributed by atoms with Crippen LogP contribution >= 0.6 is 28.3 Å². The predicted molar refractivity (Wildman–Crippen MR) is 67.2 cm³/mol. The van der Waals surface area contributed by atoms with Crippen molar-refractivity contribution in [3.63, 3.8) is 0 Å². The molecule has 0 aromatic heterocycles. The Labute approximate surface area is 104 Å². The van der Waals surface area contributed by atoms with Gasteiger partial charge in [0.15, 0.2) is 0 Å². The summed E-state index contributed by atoms with van der Waals surface area (Å²) in [4.78, 5) is 11.3. The fraction of sp³-hybridized carbons (Fsp3) is 0.300. The van der Waals surface area contributed by atoms with Crippen molar-refractivity contribution in [3.8, 4) is 0 Å². The molecule has 0 saturated heterocycles. The zero-order chi connectivity index (χ0) is 10.4. The number of carbonyl (C=O) groups excluding carboxylic acids is 1. The molecule has 3 N–H and O–H groups in total. The van der Waals surface area contributed by atoms with E-state index in [9.17, 15) is 4.79 Å².